The van der Waals surface area contributed by atoms with E-state index in [9.17, 15) is 0 Å². The molecule has 0 aliphatic carbocycles. The van der Waals surface area contributed by atoms with Crippen molar-refractivity contribution in [2.24, 2.45) is 0 Å². The van der Waals surface area contributed by atoms with Crippen LogP contribution in [0.5, 0.6) is 5.75 Å². The van der Waals surface area contributed by atoms with Gasteiger partial charge in [0.2, 0.25) is 0 Å². The zero-order valence-corrected chi connectivity index (χ0v) is 12.0. The van der Waals surface area contributed by atoms with Crippen LogP contribution in [0.2, 0.25) is 0 Å². The van der Waals surface area contributed by atoms with Gasteiger partial charge in [-0.05, 0) is 49.7 Å². The minimum atomic E-state index is 0.490. The molecule has 3 heteroatoms. The third-order valence-electron chi connectivity index (χ3n) is 3.03. The Hall–Kier alpha value is -1.06. The zero-order valence-electron chi connectivity index (χ0n) is 12.0. The molecule has 1 aromatic carbocycles. The minimum Gasteiger partial charge on any atom is -0.496 e. The van der Waals surface area contributed by atoms with Crippen LogP contribution in [0.1, 0.15) is 37.3 Å². The van der Waals surface area contributed by atoms with Crippen LogP contribution in [0.3, 0.4) is 0 Å². The molecule has 0 radical (unpaired) electrons. The van der Waals surface area contributed by atoms with Gasteiger partial charge >= 0.3 is 0 Å². The van der Waals surface area contributed by atoms with E-state index in [4.69, 9.17) is 4.74 Å². The molecule has 0 spiro atoms. The third kappa shape index (κ3) is 4.67. The van der Waals surface area contributed by atoms with Crippen molar-refractivity contribution < 1.29 is 4.74 Å². The highest BCUT2D eigenvalue weighted by Gasteiger charge is 2.07. The molecular weight excluding hydrogens is 224 g/mol. The molecule has 0 heterocycles. The fraction of sp³-hybridized carbons (Fsp3) is 0.600. The highest BCUT2D eigenvalue weighted by Crippen LogP contribution is 2.27. The van der Waals surface area contributed by atoms with E-state index >= 15 is 0 Å². The molecule has 0 fully saturated rings. The van der Waals surface area contributed by atoms with Crippen LogP contribution >= 0.6 is 0 Å². The molecule has 2 N–H and O–H groups in total. The molecule has 102 valence electrons. The Bertz CT molecular complexity index is 350. The summed E-state index contributed by atoms with van der Waals surface area (Å²) < 4.78 is 5.39. The molecular formula is C15H26N2O. The van der Waals surface area contributed by atoms with E-state index < -0.39 is 0 Å². The Morgan fingerprint density at radius 1 is 1.22 bits per heavy atom. The number of rotatable bonds is 8. The second kappa shape index (κ2) is 8.11. The maximum atomic E-state index is 5.39. The Morgan fingerprint density at radius 2 is 2.00 bits per heavy atom. The first-order valence-electron chi connectivity index (χ1n) is 6.71. The van der Waals surface area contributed by atoms with Crippen LogP contribution < -0.4 is 15.4 Å². The average Bonchev–Trinajstić information content (AvgIpc) is 2.38. The maximum absolute atomic E-state index is 5.39. The van der Waals surface area contributed by atoms with Gasteiger partial charge in [-0.25, -0.2) is 0 Å². The molecule has 1 rings (SSSR count). The van der Waals surface area contributed by atoms with Crippen LogP contribution in [-0.4, -0.2) is 27.2 Å². The van der Waals surface area contributed by atoms with Gasteiger partial charge in [0.05, 0.1) is 7.11 Å². The summed E-state index contributed by atoms with van der Waals surface area (Å²) in [6, 6.07) is 6.45. The topological polar surface area (TPSA) is 33.3 Å². The second-order valence-electron chi connectivity index (χ2n) is 4.86. The van der Waals surface area contributed by atoms with Crippen molar-refractivity contribution in [1.82, 2.24) is 10.6 Å². The molecule has 1 aromatic rings. The first-order chi connectivity index (χ1) is 8.69. The summed E-state index contributed by atoms with van der Waals surface area (Å²) in [5.74, 6) is 1.48. The second-order valence-corrected chi connectivity index (χ2v) is 4.86. The van der Waals surface area contributed by atoms with Gasteiger partial charge in [0.25, 0.3) is 0 Å². The molecule has 0 aromatic heterocycles. The number of benzene rings is 1. The molecule has 0 aliphatic heterocycles. The van der Waals surface area contributed by atoms with Crippen LogP contribution in [0.25, 0.3) is 0 Å². The summed E-state index contributed by atoms with van der Waals surface area (Å²) in [5.41, 5.74) is 2.61. The van der Waals surface area contributed by atoms with E-state index in [1.165, 1.54) is 11.1 Å². The standard InChI is InChI=1S/C15H26N2O/c1-12(2)14-10-13(6-7-15(14)18-4)11-17-9-5-8-16-3/h6-7,10,12,16-17H,5,8-9,11H2,1-4H3. The van der Waals surface area contributed by atoms with Crippen molar-refractivity contribution in [3.05, 3.63) is 29.3 Å². The molecule has 3 nitrogen and oxygen atoms in total. The lowest BCUT2D eigenvalue weighted by molar-refractivity contribution is 0.407. The molecule has 0 saturated carbocycles. The van der Waals surface area contributed by atoms with Crippen molar-refractivity contribution in [2.45, 2.75) is 32.7 Å². The summed E-state index contributed by atoms with van der Waals surface area (Å²) in [5, 5.41) is 6.61. The van der Waals surface area contributed by atoms with Gasteiger partial charge in [0.15, 0.2) is 0 Å². The first kappa shape index (κ1) is 15.0. The lowest BCUT2D eigenvalue weighted by Crippen LogP contribution is -2.19. The molecule has 0 aliphatic rings. The maximum Gasteiger partial charge on any atom is 0.122 e. The predicted octanol–water partition coefficient (Wildman–Crippen LogP) is 2.52. The van der Waals surface area contributed by atoms with Gasteiger partial charge in [-0.2, -0.15) is 0 Å². The molecule has 0 bridgehead atoms. The number of methoxy groups -OCH3 is 1. The summed E-state index contributed by atoms with van der Waals surface area (Å²) in [6.07, 6.45) is 1.16. The van der Waals surface area contributed by atoms with Crippen LogP contribution in [0.4, 0.5) is 0 Å². The van der Waals surface area contributed by atoms with Crippen molar-refractivity contribution in [2.75, 3.05) is 27.2 Å². The summed E-state index contributed by atoms with van der Waals surface area (Å²) >= 11 is 0. The quantitative estimate of drug-likeness (QED) is 0.696. The summed E-state index contributed by atoms with van der Waals surface area (Å²) in [4.78, 5) is 0. The lowest BCUT2D eigenvalue weighted by atomic mass is 9.99. The van der Waals surface area contributed by atoms with Crippen LogP contribution in [-0.2, 0) is 6.54 Å². The largest absolute Gasteiger partial charge is 0.496 e. The molecule has 0 atom stereocenters. The number of hydrogen-bond donors (Lipinski definition) is 2. The van der Waals surface area contributed by atoms with Gasteiger partial charge in [0.1, 0.15) is 5.75 Å². The Kier molecular flexibility index (Phi) is 6.76. The first-order valence-corrected chi connectivity index (χ1v) is 6.71. The monoisotopic (exact) mass is 250 g/mol. The van der Waals surface area contributed by atoms with Gasteiger partial charge in [-0.1, -0.05) is 26.0 Å². The fourth-order valence-electron chi connectivity index (χ4n) is 1.97. The van der Waals surface area contributed by atoms with E-state index in [2.05, 4.69) is 42.7 Å². The van der Waals surface area contributed by atoms with Crippen LogP contribution in [0, 0.1) is 0 Å². The summed E-state index contributed by atoms with van der Waals surface area (Å²) in [7, 11) is 3.72. The van der Waals surface area contributed by atoms with Crippen molar-refractivity contribution >= 4 is 0 Å². The molecule has 0 unspecified atom stereocenters. The zero-order chi connectivity index (χ0) is 13.4. The van der Waals surface area contributed by atoms with E-state index in [1.807, 2.05) is 7.05 Å². The Morgan fingerprint density at radius 3 is 2.61 bits per heavy atom. The van der Waals surface area contributed by atoms with E-state index in [1.54, 1.807) is 7.11 Å². The molecule has 0 saturated heterocycles. The summed E-state index contributed by atoms with van der Waals surface area (Å²) in [6.45, 7) is 7.42. The number of ether oxygens (including phenoxy) is 1. The van der Waals surface area contributed by atoms with Gasteiger partial charge < -0.3 is 15.4 Å². The lowest BCUT2D eigenvalue weighted by Gasteiger charge is -2.14. The Labute approximate surface area is 111 Å². The van der Waals surface area contributed by atoms with E-state index in [-0.39, 0.29) is 0 Å². The van der Waals surface area contributed by atoms with Gasteiger partial charge in [-0.15, -0.1) is 0 Å². The van der Waals surface area contributed by atoms with E-state index in [0.29, 0.717) is 5.92 Å². The van der Waals surface area contributed by atoms with Crippen molar-refractivity contribution in [3.63, 3.8) is 0 Å². The smallest absolute Gasteiger partial charge is 0.122 e. The third-order valence-corrected chi connectivity index (χ3v) is 3.03. The van der Waals surface area contributed by atoms with Gasteiger partial charge in [0, 0.05) is 6.54 Å². The highest BCUT2D eigenvalue weighted by atomic mass is 16.5. The highest BCUT2D eigenvalue weighted by molar-refractivity contribution is 5.39. The van der Waals surface area contributed by atoms with Gasteiger partial charge in [-0.3, -0.25) is 0 Å². The molecule has 0 amide bonds. The van der Waals surface area contributed by atoms with Crippen molar-refractivity contribution in [1.29, 1.82) is 0 Å². The predicted molar refractivity (Wildman–Crippen MR) is 77.3 cm³/mol. The normalized spacial score (nSPS) is 10.9. The number of nitrogens with one attached hydrogen (secondary N) is 2. The van der Waals surface area contributed by atoms with E-state index in [0.717, 1.165) is 31.8 Å². The average molecular weight is 250 g/mol. The van der Waals surface area contributed by atoms with Crippen LogP contribution in [0.15, 0.2) is 18.2 Å². The Balaban J connectivity index is 2.53. The molecule has 18 heavy (non-hydrogen) atoms. The van der Waals surface area contributed by atoms with Crippen molar-refractivity contribution in [3.8, 4) is 5.75 Å². The number of hydrogen-bond acceptors (Lipinski definition) is 3. The minimum absolute atomic E-state index is 0.490. The SMILES string of the molecule is CNCCCNCc1ccc(OC)c(C(C)C)c1. The fourth-order valence-corrected chi connectivity index (χ4v) is 1.97.